The van der Waals surface area contributed by atoms with Gasteiger partial charge in [-0.25, -0.2) is 0 Å². The van der Waals surface area contributed by atoms with E-state index < -0.39 is 0 Å². The molecule has 0 radical (unpaired) electrons. The number of aryl methyl sites for hydroxylation is 1. The molecule has 0 aliphatic rings. The second-order valence-corrected chi connectivity index (χ2v) is 6.96. The van der Waals surface area contributed by atoms with Crippen molar-refractivity contribution in [1.29, 1.82) is 0 Å². The van der Waals surface area contributed by atoms with Gasteiger partial charge in [-0.15, -0.1) is 0 Å². The van der Waals surface area contributed by atoms with Gasteiger partial charge >= 0.3 is 0 Å². The lowest BCUT2D eigenvalue weighted by Crippen LogP contribution is -2.26. The van der Waals surface area contributed by atoms with E-state index >= 15 is 0 Å². The van der Waals surface area contributed by atoms with E-state index in [9.17, 15) is 4.79 Å². The first-order chi connectivity index (χ1) is 14.6. The van der Waals surface area contributed by atoms with E-state index in [4.69, 9.17) is 9.26 Å². The standard InChI is InChI=1S/C23H28N4O3/c1-4-27(5-2)15-20-9-7-6-8-19(20)14-24-23(28)18-10-12-21(13-11-18)29-16-22-25-17(3)30-26-22/h6-13H,4-5,14-16H2,1-3H3,(H,24,28). The lowest BCUT2D eigenvalue weighted by Gasteiger charge is -2.20. The predicted octanol–water partition coefficient (Wildman–Crippen LogP) is 3.73. The molecular formula is C23H28N4O3. The van der Waals surface area contributed by atoms with Crippen LogP contribution in [0.15, 0.2) is 53.1 Å². The SMILES string of the molecule is CCN(CC)Cc1ccccc1CNC(=O)c1ccc(OCc2noc(C)n2)cc1. The molecule has 1 heterocycles. The second-order valence-electron chi connectivity index (χ2n) is 6.96. The first-order valence-corrected chi connectivity index (χ1v) is 10.2. The number of nitrogens with one attached hydrogen (secondary N) is 1. The van der Waals surface area contributed by atoms with Gasteiger partial charge in [0.15, 0.2) is 6.61 Å². The number of aromatic nitrogens is 2. The topological polar surface area (TPSA) is 80.5 Å². The third-order valence-electron chi connectivity index (χ3n) is 4.90. The third kappa shape index (κ3) is 5.90. The summed E-state index contributed by atoms with van der Waals surface area (Å²) in [6.07, 6.45) is 0. The fourth-order valence-corrected chi connectivity index (χ4v) is 3.10. The van der Waals surface area contributed by atoms with Crippen molar-refractivity contribution in [2.24, 2.45) is 0 Å². The van der Waals surface area contributed by atoms with Crippen LogP contribution in [0.25, 0.3) is 0 Å². The summed E-state index contributed by atoms with van der Waals surface area (Å²) >= 11 is 0. The number of rotatable bonds is 10. The Morgan fingerprint density at radius 1 is 1.07 bits per heavy atom. The Kier molecular flexibility index (Phi) is 7.57. The van der Waals surface area contributed by atoms with Crippen LogP contribution in [-0.2, 0) is 19.7 Å². The Hall–Kier alpha value is -3.19. The highest BCUT2D eigenvalue weighted by Crippen LogP contribution is 2.15. The van der Waals surface area contributed by atoms with E-state index in [-0.39, 0.29) is 12.5 Å². The number of hydrogen-bond acceptors (Lipinski definition) is 6. The van der Waals surface area contributed by atoms with Gasteiger partial charge in [-0.1, -0.05) is 43.3 Å². The average Bonchev–Trinajstić information content (AvgIpc) is 3.20. The minimum absolute atomic E-state index is 0.118. The summed E-state index contributed by atoms with van der Waals surface area (Å²) in [5.74, 6) is 1.50. The van der Waals surface area contributed by atoms with Crippen molar-refractivity contribution in [1.82, 2.24) is 20.4 Å². The zero-order valence-corrected chi connectivity index (χ0v) is 17.7. The average molecular weight is 409 g/mol. The van der Waals surface area contributed by atoms with E-state index in [1.165, 1.54) is 5.56 Å². The van der Waals surface area contributed by atoms with Crippen molar-refractivity contribution < 1.29 is 14.1 Å². The molecule has 1 aromatic heterocycles. The summed E-state index contributed by atoms with van der Waals surface area (Å²) in [6, 6.07) is 15.2. The zero-order valence-electron chi connectivity index (χ0n) is 17.7. The highest BCUT2D eigenvalue weighted by atomic mass is 16.5. The molecule has 1 N–H and O–H groups in total. The molecule has 0 bridgehead atoms. The molecule has 0 atom stereocenters. The monoisotopic (exact) mass is 408 g/mol. The van der Waals surface area contributed by atoms with Gasteiger partial charge < -0.3 is 14.6 Å². The maximum Gasteiger partial charge on any atom is 0.251 e. The van der Waals surface area contributed by atoms with Crippen LogP contribution in [0.2, 0.25) is 0 Å². The fourth-order valence-electron chi connectivity index (χ4n) is 3.10. The van der Waals surface area contributed by atoms with E-state index in [0.717, 1.165) is 25.2 Å². The first-order valence-electron chi connectivity index (χ1n) is 10.2. The molecule has 2 aromatic carbocycles. The van der Waals surface area contributed by atoms with Crippen molar-refractivity contribution in [2.45, 2.75) is 40.5 Å². The highest BCUT2D eigenvalue weighted by molar-refractivity contribution is 5.94. The van der Waals surface area contributed by atoms with Crippen LogP contribution in [0.4, 0.5) is 0 Å². The summed E-state index contributed by atoms with van der Waals surface area (Å²) in [7, 11) is 0. The van der Waals surface area contributed by atoms with Crippen molar-refractivity contribution in [3.63, 3.8) is 0 Å². The van der Waals surface area contributed by atoms with Crippen LogP contribution in [0.5, 0.6) is 5.75 Å². The third-order valence-corrected chi connectivity index (χ3v) is 4.90. The first kappa shape index (κ1) is 21.5. The molecule has 3 rings (SSSR count). The van der Waals surface area contributed by atoms with E-state index in [0.29, 0.717) is 29.6 Å². The molecule has 1 amide bonds. The lowest BCUT2D eigenvalue weighted by atomic mass is 10.1. The molecule has 7 nitrogen and oxygen atoms in total. The summed E-state index contributed by atoms with van der Waals surface area (Å²) in [4.78, 5) is 19.0. The molecule has 0 fully saturated rings. The second kappa shape index (κ2) is 10.5. The van der Waals surface area contributed by atoms with Crippen LogP contribution < -0.4 is 10.1 Å². The van der Waals surface area contributed by atoms with Gasteiger partial charge in [0.2, 0.25) is 11.7 Å². The van der Waals surface area contributed by atoms with Crippen molar-refractivity contribution in [3.8, 4) is 5.75 Å². The molecule has 30 heavy (non-hydrogen) atoms. The van der Waals surface area contributed by atoms with Crippen molar-refractivity contribution in [2.75, 3.05) is 13.1 Å². The minimum atomic E-state index is -0.118. The molecule has 3 aromatic rings. The summed E-state index contributed by atoms with van der Waals surface area (Å²) < 4.78 is 10.5. The van der Waals surface area contributed by atoms with Crippen LogP contribution in [0, 0.1) is 6.92 Å². The molecule has 0 unspecified atom stereocenters. The smallest absolute Gasteiger partial charge is 0.251 e. The predicted molar refractivity (Wildman–Crippen MR) is 114 cm³/mol. The Labute approximate surface area is 177 Å². The normalized spacial score (nSPS) is 10.9. The van der Waals surface area contributed by atoms with Gasteiger partial charge in [-0.3, -0.25) is 9.69 Å². The summed E-state index contributed by atoms with van der Waals surface area (Å²) in [5.41, 5.74) is 2.95. The number of nitrogens with zero attached hydrogens (tertiary/aromatic N) is 3. The van der Waals surface area contributed by atoms with E-state index in [1.807, 2.05) is 12.1 Å². The number of carbonyl (C=O) groups excluding carboxylic acids is 1. The summed E-state index contributed by atoms with van der Waals surface area (Å²) in [5, 5.41) is 6.80. The Balaban J connectivity index is 1.55. The molecule has 0 saturated heterocycles. The number of carbonyl (C=O) groups is 1. The molecule has 0 spiro atoms. The maximum absolute atomic E-state index is 12.6. The Bertz CT molecular complexity index is 949. The lowest BCUT2D eigenvalue weighted by molar-refractivity contribution is 0.0950. The van der Waals surface area contributed by atoms with Gasteiger partial charge in [-0.05, 0) is 48.5 Å². The number of ether oxygens (including phenoxy) is 1. The van der Waals surface area contributed by atoms with E-state index in [1.54, 1.807) is 31.2 Å². The van der Waals surface area contributed by atoms with Gasteiger partial charge in [0.1, 0.15) is 5.75 Å². The molecule has 7 heteroatoms. The largest absolute Gasteiger partial charge is 0.485 e. The van der Waals surface area contributed by atoms with E-state index in [2.05, 4.69) is 46.3 Å². The fraction of sp³-hybridized carbons (Fsp3) is 0.348. The van der Waals surface area contributed by atoms with Crippen molar-refractivity contribution >= 4 is 5.91 Å². The Morgan fingerprint density at radius 2 is 1.77 bits per heavy atom. The van der Waals surface area contributed by atoms with Gasteiger partial charge in [0.05, 0.1) is 0 Å². The molecule has 0 aliphatic carbocycles. The summed E-state index contributed by atoms with van der Waals surface area (Å²) in [6.45, 7) is 9.62. The quantitative estimate of drug-likeness (QED) is 0.551. The molecule has 158 valence electrons. The number of hydrogen-bond donors (Lipinski definition) is 1. The maximum atomic E-state index is 12.6. The Morgan fingerprint density at radius 3 is 2.40 bits per heavy atom. The highest BCUT2D eigenvalue weighted by Gasteiger charge is 2.10. The van der Waals surface area contributed by atoms with Crippen LogP contribution >= 0.6 is 0 Å². The van der Waals surface area contributed by atoms with Crippen molar-refractivity contribution in [3.05, 3.63) is 76.9 Å². The van der Waals surface area contributed by atoms with Gasteiger partial charge in [0, 0.05) is 25.6 Å². The molecule has 0 aliphatic heterocycles. The molecule has 0 saturated carbocycles. The minimum Gasteiger partial charge on any atom is -0.485 e. The van der Waals surface area contributed by atoms with Gasteiger partial charge in [-0.2, -0.15) is 4.98 Å². The molecular weight excluding hydrogens is 380 g/mol. The van der Waals surface area contributed by atoms with Crippen LogP contribution in [-0.4, -0.2) is 34.0 Å². The number of amides is 1. The van der Waals surface area contributed by atoms with Crippen LogP contribution in [0.3, 0.4) is 0 Å². The number of benzene rings is 2. The zero-order chi connectivity index (χ0) is 21.3. The van der Waals surface area contributed by atoms with Gasteiger partial charge in [0.25, 0.3) is 5.91 Å². The van der Waals surface area contributed by atoms with Crippen LogP contribution in [0.1, 0.15) is 47.0 Å².